The molecule has 30 heavy (non-hydrogen) atoms. The van der Waals surface area contributed by atoms with E-state index < -0.39 is 5.92 Å². The second kappa shape index (κ2) is 8.12. The first-order chi connectivity index (χ1) is 14.3. The number of alkyl halides is 2. The molecule has 3 heterocycles. The molecule has 0 unspecified atom stereocenters. The summed E-state index contributed by atoms with van der Waals surface area (Å²) >= 11 is 0. The molecule has 0 spiro atoms. The number of aromatic nitrogens is 5. The SMILES string of the molecule is Cn1c(=O)cc(NC2CCC(CCC(C)(F)F)CC2)c2nc(-n3ccnc3)ncc21. The predicted octanol–water partition coefficient (Wildman–Crippen LogP) is 3.92. The first-order valence-corrected chi connectivity index (χ1v) is 10.3. The van der Waals surface area contributed by atoms with Crippen molar-refractivity contribution in [3.63, 3.8) is 0 Å². The Morgan fingerprint density at radius 2 is 2.03 bits per heavy atom. The van der Waals surface area contributed by atoms with Gasteiger partial charge in [-0.2, -0.15) is 0 Å². The highest BCUT2D eigenvalue weighted by Crippen LogP contribution is 2.33. The van der Waals surface area contributed by atoms with Gasteiger partial charge in [0.1, 0.15) is 11.8 Å². The van der Waals surface area contributed by atoms with Crippen molar-refractivity contribution in [3.05, 3.63) is 41.3 Å². The molecule has 3 aromatic rings. The average molecular weight is 416 g/mol. The van der Waals surface area contributed by atoms with Crippen LogP contribution in [-0.2, 0) is 7.05 Å². The molecule has 9 heteroatoms. The standard InChI is InChI=1S/C21H26F2N6O/c1-21(22,23)8-7-14-3-5-15(6-4-14)26-16-11-18(30)28(2)17-12-25-20(27-19(16)17)29-10-9-24-13-29/h9-15,26H,3-8H2,1-2H3. The van der Waals surface area contributed by atoms with E-state index in [0.717, 1.165) is 32.6 Å². The third-order valence-corrected chi connectivity index (χ3v) is 5.90. The molecular weight excluding hydrogens is 390 g/mol. The number of nitrogens with one attached hydrogen (secondary N) is 1. The van der Waals surface area contributed by atoms with Gasteiger partial charge in [0.15, 0.2) is 0 Å². The van der Waals surface area contributed by atoms with Crippen LogP contribution in [0.2, 0.25) is 0 Å². The molecule has 1 fully saturated rings. The van der Waals surface area contributed by atoms with Gasteiger partial charge in [0.25, 0.3) is 5.56 Å². The van der Waals surface area contributed by atoms with Crippen molar-refractivity contribution in [2.24, 2.45) is 13.0 Å². The molecule has 4 rings (SSSR count). The maximum absolute atomic E-state index is 13.1. The Balaban J connectivity index is 1.53. The Bertz CT molecular complexity index is 1070. The van der Waals surface area contributed by atoms with E-state index >= 15 is 0 Å². The molecule has 0 amide bonds. The number of halogens is 2. The van der Waals surface area contributed by atoms with Crippen LogP contribution in [0.4, 0.5) is 14.5 Å². The minimum Gasteiger partial charge on any atom is -0.380 e. The summed E-state index contributed by atoms with van der Waals surface area (Å²) in [6, 6.07) is 1.75. The van der Waals surface area contributed by atoms with Crippen LogP contribution >= 0.6 is 0 Å². The predicted molar refractivity (Wildman–Crippen MR) is 111 cm³/mol. The Labute approximate surface area is 173 Å². The van der Waals surface area contributed by atoms with Crippen LogP contribution in [0.15, 0.2) is 35.8 Å². The molecule has 1 N–H and O–H groups in total. The zero-order chi connectivity index (χ0) is 21.3. The van der Waals surface area contributed by atoms with Crippen molar-refractivity contribution in [3.8, 4) is 5.95 Å². The van der Waals surface area contributed by atoms with Gasteiger partial charge >= 0.3 is 0 Å². The lowest BCUT2D eigenvalue weighted by molar-refractivity contribution is 0.00503. The molecule has 0 bridgehead atoms. The smallest absolute Gasteiger partial charge is 0.252 e. The lowest BCUT2D eigenvalue weighted by Crippen LogP contribution is -2.28. The Morgan fingerprint density at radius 3 is 2.70 bits per heavy atom. The largest absolute Gasteiger partial charge is 0.380 e. The maximum Gasteiger partial charge on any atom is 0.252 e. The molecule has 160 valence electrons. The van der Waals surface area contributed by atoms with E-state index in [2.05, 4.69) is 20.3 Å². The molecule has 0 atom stereocenters. The third-order valence-electron chi connectivity index (χ3n) is 5.90. The molecule has 1 aliphatic rings. The average Bonchev–Trinajstić information content (AvgIpc) is 3.25. The van der Waals surface area contributed by atoms with Crippen molar-refractivity contribution >= 4 is 16.7 Å². The summed E-state index contributed by atoms with van der Waals surface area (Å²) in [5.74, 6) is -1.78. The topological polar surface area (TPSA) is 77.6 Å². The van der Waals surface area contributed by atoms with Crippen LogP contribution in [0.3, 0.4) is 0 Å². The van der Waals surface area contributed by atoms with Crippen LogP contribution in [-0.4, -0.2) is 36.1 Å². The van der Waals surface area contributed by atoms with Crippen LogP contribution in [0.5, 0.6) is 0 Å². The first-order valence-electron chi connectivity index (χ1n) is 10.3. The van der Waals surface area contributed by atoms with Crippen molar-refractivity contribution in [1.29, 1.82) is 0 Å². The Kier molecular flexibility index (Phi) is 5.53. The molecule has 0 aliphatic heterocycles. The summed E-state index contributed by atoms with van der Waals surface area (Å²) in [5, 5.41) is 3.48. The van der Waals surface area contributed by atoms with Gasteiger partial charge in [-0.3, -0.25) is 9.36 Å². The van der Waals surface area contributed by atoms with E-state index in [1.807, 2.05) is 0 Å². The minimum atomic E-state index is -2.59. The first kappa shape index (κ1) is 20.4. The fourth-order valence-electron chi connectivity index (χ4n) is 4.10. The van der Waals surface area contributed by atoms with Crippen LogP contribution < -0.4 is 10.9 Å². The monoisotopic (exact) mass is 416 g/mol. The summed E-state index contributed by atoms with van der Waals surface area (Å²) in [4.78, 5) is 25.5. The summed E-state index contributed by atoms with van der Waals surface area (Å²) in [6.45, 7) is 0.987. The number of nitrogens with zero attached hydrogens (tertiary/aromatic N) is 5. The molecular formula is C21H26F2N6O. The second-order valence-corrected chi connectivity index (χ2v) is 8.30. The van der Waals surface area contributed by atoms with Gasteiger partial charge in [0, 0.05) is 38.0 Å². The number of anilines is 1. The van der Waals surface area contributed by atoms with Gasteiger partial charge < -0.3 is 9.88 Å². The molecule has 1 aliphatic carbocycles. The Hall–Kier alpha value is -2.84. The quantitative estimate of drug-likeness (QED) is 0.659. The van der Waals surface area contributed by atoms with Crippen molar-refractivity contribution < 1.29 is 8.78 Å². The highest BCUT2D eigenvalue weighted by atomic mass is 19.3. The minimum absolute atomic E-state index is 0.0525. The van der Waals surface area contributed by atoms with E-state index in [0.29, 0.717) is 35.0 Å². The Morgan fingerprint density at radius 1 is 1.27 bits per heavy atom. The van der Waals surface area contributed by atoms with E-state index in [-0.39, 0.29) is 18.0 Å². The molecule has 0 aromatic carbocycles. The van der Waals surface area contributed by atoms with Crippen molar-refractivity contribution in [2.45, 2.75) is 57.4 Å². The molecule has 3 aromatic heterocycles. The van der Waals surface area contributed by atoms with Gasteiger partial charge in [-0.05, 0) is 44.9 Å². The lowest BCUT2D eigenvalue weighted by Gasteiger charge is -2.30. The van der Waals surface area contributed by atoms with E-state index in [1.165, 1.54) is 4.57 Å². The molecule has 7 nitrogen and oxygen atoms in total. The van der Waals surface area contributed by atoms with Crippen LogP contribution in [0.25, 0.3) is 17.0 Å². The third kappa shape index (κ3) is 4.49. The number of rotatable bonds is 6. The number of pyridine rings is 1. The molecule has 1 saturated carbocycles. The fraction of sp³-hybridized carbons (Fsp3) is 0.524. The van der Waals surface area contributed by atoms with Gasteiger partial charge in [-0.25, -0.2) is 23.7 Å². The molecule has 0 radical (unpaired) electrons. The van der Waals surface area contributed by atoms with E-state index in [1.54, 1.807) is 42.6 Å². The summed E-state index contributed by atoms with van der Waals surface area (Å²) in [7, 11) is 1.70. The highest BCUT2D eigenvalue weighted by Gasteiger charge is 2.26. The lowest BCUT2D eigenvalue weighted by atomic mass is 9.83. The van der Waals surface area contributed by atoms with Crippen LogP contribution in [0, 0.1) is 5.92 Å². The number of imidazole rings is 1. The van der Waals surface area contributed by atoms with Gasteiger partial charge in [-0.15, -0.1) is 0 Å². The number of hydrogen-bond donors (Lipinski definition) is 1. The van der Waals surface area contributed by atoms with Gasteiger partial charge in [0.05, 0.1) is 17.4 Å². The normalized spacial score (nSPS) is 19.9. The van der Waals surface area contributed by atoms with E-state index in [9.17, 15) is 13.6 Å². The van der Waals surface area contributed by atoms with Gasteiger partial charge in [-0.1, -0.05) is 0 Å². The summed E-state index contributed by atoms with van der Waals surface area (Å²) in [6.07, 6.45) is 10.8. The number of hydrogen-bond acceptors (Lipinski definition) is 5. The van der Waals surface area contributed by atoms with Gasteiger partial charge in [0.2, 0.25) is 11.9 Å². The fourth-order valence-corrected chi connectivity index (χ4v) is 4.10. The van der Waals surface area contributed by atoms with Crippen molar-refractivity contribution in [1.82, 2.24) is 24.1 Å². The zero-order valence-electron chi connectivity index (χ0n) is 17.2. The maximum atomic E-state index is 13.1. The summed E-state index contributed by atoms with van der Waals surface area (Å²) < 4.78 is 29.5. The van der Waals surface area contributed by atoms with Crippen LogP contribution in [0.1, 0.15) is 45.4 Å². The zero-order valence-corrected chi connectivity index (χ0v) is 17.2. The van der Waals surface area contributed by atoms with Crippen molar-refractivity contribution in [2.75, 3.05) is 5.32 Å². The van der Waals surface area contributed by atoms with E-state index in [4.69, 9.17) is 0 Å². The second-order valence-electron chi connectivity index (χ2n) is 8.30. The number of fused-ring (bicyclic) bond motifs is 1. The number of aryl methyl sites for hydroxylation is 1. The summed E-state index contributed by atoms with van der Waals surface area (Å²) in [5.41, 5.74) is 1.86. The molecule has 0 saturated heterocycles. The highest BCUT2D eigenvalue weighted by molar-refractivity contribution is 5.87.